The van der Waals surface area contributed by atoms with Crippen LogP contribution in [0.25, 0.3) is 82.1 Å². The summed E-state index contributed by atoms with van der Waals surface area (Å²) < 4.78 is 2.37. The van der Waals surface area contributed by atoms with E-state index in [0.717, 1.165) is 17.1 Å². The molecule has 0 fully saturated rings. The van der Waals surface area contributed by atoms with Gasteiger partial charge in [0, 0.05) is 39.3 Å². The van der Waals surface area contributed by atoms with Gasteiger partial charge >= 0.3 is 0 Å². The van der Waals surface area contributed by atoms with Gasteiger partial charge in [-0.15, -0.1) is 0 Å². The second-order valence-corrected chi connectivity index (χ2v) is 14.5. The van der Waals surface area contributed by atoms with Crippen molar-refractivity contribution in [2.75, 3.05) is 4.90 Å². The number of aromatic nitrogens is 1. The molecule has 0 atom stereocenters. The van der Waals surface area contributed by atoms with E-state index in [4.69, 9.17) is 0 Å². The molecule has 0 bridgehead atoms. The Labute approximate surface area is 325 Å². The molecule has 0 saturated carbocycles. The molecular weight excluding hydrogens is 677 g/mol. The summed E-state index contributed by atoms with van der Waals surface area (Å²) in [6, 6.07) is 77.2. The number of nitrogens with zero attached hydrogens (tertiary/aromatic N) is 2. The second kappa shape index (κ2) is 13.2. The van der Waals surface area contributed by atoms with Gasteiger partial charge in [0.1, 0.15) is 0 Å². The number of para-hydroxylation sites is 1. The van der Waals surface area contributed by atoms with Crippen molar-refractivity contribution >= 4 is 65.8 Å². The standard InChI is InChI=1S/C54H36N2/c1-2-15-41(16-3-1)54-49-22-8-9-25-51(49)55-36-42-19-12-26-52(50(42)35-53(54)55)56(43-31-27-39(28-32-43)47-23-10-17-37-13-4-6-20-45(37)47)44-33-29-40(30-34-44)48-24-11-18-38-14-5-7-21-46(38)48/h1-36H. The monoisotopic (exact) mass is 712 g/mol. The Morgan fingerprint density at radius 1 is 0.321 bits per heavy atom. The zero-order chi connectivity index (χ0) is 37.0. The Balaban J connectivity index is 1.12. The van der Waals surface area contributed by atoms with Crippen LogP contribution in [0.3, 0.4) is 0 Å². The smallest absolute Gasteiger partial charge is 0.0548 e. The third kappa shape index (κ3) is 5.26. The molecule has 0 spiro atoms. The maximum atomic E-state index is 2.42. The van der Waals surface area contributed by atoms with E-state index in [-0.39, 0.29) is 0 Å². The number of hydrogen-bond donors (Lipinski definition) is 0. The van der Waals surface area contributed by atoms with Crippen LogP contribution >= 0.6 is 0 Å². The molecule has 2 aromatic heterocycles. The molecule has 56 heavy (non-hydrogen) atoms. The number of hydrogen-bond acceptors (Lipinski definition) is 1. The SMILES string of the molecule is c1ccc(-c2c3ccccc3n3cc4cccc(N(c5ccc(-c6cccc7ccccc67)cc5)c5ccc(-c6cccc7ccccc67)cc5)c4cc23)cc1. The van der Waals surface area contributed by atoms with Crippen molar-refractivity contribution in [2.24, 2.45) is 0 Å². The summed E-state index contributed by atoms with van der Waals surface area (Å²) in [5.74, 6) is 0. The number of anilines is 3. The molecule has 0 aliphatic carbocycles. The quantitative estimate of drug-likeness (QED) is 0.167. The molecule has 9 aromatic carbocycles. The third-order valence-corrected chi connectivity index (χ3v) is 11.4. The van der Waals surface area contributed by atoms with Crippen LogP contribution in [-0.4, -0.2) is 4.40 Å². The predicted molar refractivity (Wildman–Crippen MR) is 238 cm³/mol. The zero-order valence-corrected chi connectivity index (χ0v) is 30.7. The molecule has 262 valence electrons. The minimum absolute atomic E-state index is 1.10. The van der Waals surface area contributed by atoms with E-state index in [1.165, 1.54) is 82.1 Å². The summed E-state index contributed by atoms with van der Waals surface area (Å²) in [6.45, 7) is 0. The van der Waals surface area contributed by atoms with E-state index in [9.17, 15) is 0 Å². The van der Waals surface area contributed by atoms with E-state index in [2.05, 4.69) is 228 Å². The lowest BCUT2D eigenvalue weighted by atomic mass is 9.97. The van der Waals surface area contributed by atoms with Gasteiger partial charge in [0.05, 0.1) is 16.7 Å². The summed E-state index contributed by atoms with van der Waals surface area (Å²) in [6.07, 6.45) is 2.31. The second-order valence-electron chi connectivity index (χ2n) is 14.5. The molecule has 2 nitrogen and oxygen atoms in total. The summed E-state index contributed by atoms with van der Waals surface area (Å²) >= 11 is 0. The maximum absolute atomic E-state index is 2.42. The highest BCUT2D eigenvalue weighted by Crippen LogP contribution is 2.44. The van der Waals surface area contributed by atoms with Crippen molar-refractivity contribution in [3.8, 4) is 33.4 Å². The Hall–Kier alpha value is -7.42. The molecule has 2 heteroatoms. The van der Waals surface area contributed by atoms with Crippen molar-refractivity contribution in [1.29, 1.82) is 0 Å². The van der Waals surface area contributed by atoms with Crippen LogP contribution in [0.4, 0.5) is 17.1 Å². The van der Waals surface area contributed by atoms with Crippen molar-refractivity contribution < 1.29 is 0 Å². The first-order valence-electron chi connectivity index (χ1n) is 19.3. The van der Waals surface area contributed by atoms with Gasteiger partial charge in [-0.3, -0.25) is 0 Å². The van der Waals surface area contributed by atoms with E-state index in [1.54, 1.807) is 0 Å². The maximum Gasteiger partial charge on any atom is 0.0548 e. The molecule has 11 rings (SSSR count). The molecule has 0 aliphatic heterocycles. The molecule has 2 heterocycles. The van der Waals surface area contributed by atoms with Crippen LogP contribution in [0.1, 0.15) is 0 Å². The average molecular weight is 713 g/mol. The average Bonchev–Trinajstić information content (AvgIpc) is 3.59. The van der Waals surface area contributed by atoms with Crippen LogP contribution in [0.15, 0.2) is 219 Å². The molecule has 11 aromatic rings. The highest BCUT2D eigenvalue weighted by atomic mass is 15.1. The van der Waals surface area contributed by atoms with Gasteiger partial charge in [0.2, 0.25) is 0 Å². The highest BCUT2D eigenvalue weighted by Gasteiger charge is 2.20. The number of benzene rings is 9. The topological polar surface area (TPSA) is 7.65 Å². The van der Waals surface area contributed by atoms with Gasteiger partial charge in [-0.1, -0.05) is 170 Å². The van der Waals surface area contributed by atoms with E-state index >= 15 is 0 Å². The number of fused-ring (bicyclic) bond motifs is 6. The van der Waals surface area contributed by atoms with Gasteiger partial charge in [0.15, 0.2) is 0 Å². The molecule has 0 unspecified atom stereocenters. The zero-order valence-electron chi connectivity index (χ0n) is 30.7. The highest BCUT2D eigenvalue weighted by molar-refractivity contribution is 6.10. The summed E-state index contributed by atoms with van der Waals surface area (Å²) in [7, 11) is 0. The first-order chi connectivity index (χ1) is 27.8. The molecule has 0 radical (unpaired) electrons. The van der Waals surface area contributed by atoms with Crippen molar-refractivity contribution in [1.82, 2.24) is 4.40 Å². The number of pyridine rings is 1. The lowest BCUT2D eigenvalue weighted by molar-refractivity contribution is 1.27. The minimum atomic E-state index is 1.10. The lowest BCUT2D eigenvalue weighted by Gasteiger charge is -2.27. The summed E-state index contributed by atoms with van der Waals surface area (Å²) in [5, 5.41) is 8.64. The van der Waals surface area contributed by atoms with Gasteiger partial charge < -0.3 is 9.30 Å². The predicted octanol–water partition coefficient (Wildman–Crippen LogP) is 15.0. The van der Waals surface area contributed by atoms with E-state index in [1.807, 2.05) is 0 Å². The van der Waals surface area contributed by atoms with Crippen molar-refractivity contribution in [2.45, 2.75) is 0 Å². The molecule has 0 amide bonds. The van der Waals surface area contributed by atoms with Crippen molar-refractivity contribution in [3.63, 3.8) is 0 Å². The molecule has 0 saturated heterocycles. The summed E-state index contributed by atoms with van der Waals surface area (Å²) in [5.41, 5.74) is 13.1. The van der Waals surface area contributed by atoms with Crippen LogP contribution in [0, 0.1) is 0 Å². The fourth-order valence-corrected chi connectivity index (χ4v) is 8.74. The van der Waals surface area contributed by atoms with Gasteiger partial charge in [-0.2, -0.15) is 0 Å². The van der Waals surface area contributed by atoms with Gasteiger partial charge in [0.25, 0.3) is 0 Å². The molecule has 0 aliphatic rings. The Kier molecular flexibility index (Phi) is 7.53. The molecular formula is C54H36N2. The Bertz CT molecular complexity index is 3100. The minimum Gasteiger partial charge on any atom is -0.315 e. The fourth-order valence-electron chi connectivity index (χ4n) is 8.74. The van der Waals surface area contributed by atoms with E-state index in [0.29, 0.717) is 0 Å². The van der Waals surface area contributed by atoms with Gasteiger partial charge in [-0.25, -0.2) is 0 Å². The van der Waals surface area contributed by atoms with E-state index < -0.39 is 0 Å². The third-order valence-electron chi connectivity index (χ3n) is 11.4. The fraction of sp³-hybridized carbons (Fsp3) is 0. The first kappa shape index (κ1) is 32.0. The normalized spacial score (nSPS) is 11.6. The largest absolute Gasteiger partial charge is 0.315 e. The van der Waals surface area contributed by atoms with Gasteiger partial charge in [-0.05, 0) is 91.8 Å². The molecule has 0 N–H and O–H groups in total. The first-order valence-corrected chi connectivity index (χ1v) is 19.3. The van der Waals surface area contributed by atoms with Crippen molar-refractivity contribution in [3.05, 3.63) is 219 Å². The summed E-state index contributed by atoms with van der Waals surface area (Å²) in [4.78, 5) is 2.42. The van der Waals surface area contributed by atoms with Crippen LogP contribution in [-0.2, 0) is 0 Å². The van der Waals surface area contributed by atoms with Crippen LogP contribution in [0.2, 0.25) is 0 Å². The van der Waals surface area contributed by atoms with Crippen LogP contribution < -0.4 is 4.90 Å². The Morgan fingerprint density at radius 2 is 0.821 bits per heavy atom. The van der Waals surface area contributed by atoms with Crippen LogP contribution in [0.5, 0.6) is 0 Å². The number of rotatable bonds is 6. The lowest BCUT2D eigenvalue weighted by Crippen LogP contribution is -2.10. The Morgan fingerprint density at radius 3 is 1.45 bits per heavy atom.